The zero-order valence-corrected chi connectivity index (χ0v) is 17.3. The molecular formula is C19H27N5O3S. The molecule has 0 radical (unpaired) electrons. The lowest BCUT2D eigenvalue weighted by atomic mass is 10.0. The number of ether oxygens (including phenoxy) is 1. The zero-order valence-electron chi connectivity index (χ0n) is 16.4. The number of nitrogens with one attached hydrogen (secondary N) is 2. The predicted molar refractivity (Wildman–Crippen MR) is 110 cm³/mol. The fourth-order valence-corrected chi connectivity index (χ4v) is 4.43. The molecule has 2 aromatic heterocycles. The molecule has 0 aromatic carbocycles. The van der Waals surface area contributed by atoms with Gasteiger partial charge >= 0.3 is 0 Å². The van der Waals surface area contributed by atoms with Gasteiger partial charge in [0.1, 0.15) is 23.0 Å². The van der Waals surface area contributed by atoms with Gasteiger partial charge in [0.25, 0.3) is 5.91 Å². The monoisotopic (exact) mass is 405 g/mol. The first-order valence-corrected chi connectivity index (χ1v) is 10.4. The number of fused-ring (bicyclic) bond motifs is 1. The molecule has 4 N–H and O–H groups in total. The van der Waals surface area contributed by atoms with Gasteiger partial charge in [0.05, 0.1) is 16.4 Å². The minimum Gasteiger partial charge on any atom is -0.376 e. The van der Waals surface area contributed by atoms with Gasteiger partial charge in [0.2, 0.25) is 5.91 Å². The van der Waals surface area contributed by atoms with Gasteiger partial charge in [-0.3, -0.25) is 9.59 Å². The average molecular weight is 406 g/mol. The van der Waals surface area contributed by atoms with Crippen LogP contribution in [0.15, 0.2) is 6.33 Å². The summed E-state index contributed by atoms with van der Waals surface area (Å²) in [6.45, 7) is 7.30. The Bertz CT molecular complexity index is 861. The summed E-state index contributed by atoms with van der Waals surface area (Å²) in [7, 11) is 0. The minimum absolute atomic E-state index is 0.180. The lowest BCUT2D eigenvalue weighted by Gasteiger charge is -2.17. The van der Waals surface area contributed by atoms with Crippen LogP contribution in [0.25, 0.3) is 10.2 Å². The fourth-order valence-electron chi connectivity index (χ4n) is 3.38. The quantitative estimate of drug-likeness (QED) is 0.619. The Morgan fingerprint density at radius 3 is 2.82 bits per heavy atom. The van der Waals surface area contributed by atoms with E-state index in [1.807, 2.05) is 20.8 Å². The maximum atomic E-state index is 12.8. The number of primary amides is 1. The Labute approximate surface area is 168 Å². The number of aromatic nitrogens is 2. The van der Waals surface area contributed by atoms with Crippen molar-refractivity contribution in [2.24, 2.45) is 11.7 Å². The first-order valence-electron chi connectivity index (χ1n) is 9.56. The Morgan fingerprint density at radius 2 is 2.18 bits per heavy atom. The highest BCUT2D eigenvalue weighted by Gasteiger charge is 2.25. The maximum Gasteiger partial charge on any atom is 0.262 e. The molecule has 28 heavy (non-hydrogen) atoms. The van der Waals surface area contributed by atoms with Crippen molar-refractivity contribution < 1.29 is 14.3 Å². The molecule has 1 unspecified atom stereocenters. The van der Waals surface area contributed by atoms with Crippen molar-refractivity contribution in [1.82, 2.24) is 15.3 Å². The highest BCUT2D eigenvalue weighted by molar-refractivity contribution is 7.20. The summed E-state index contributed by atoms with van der Waals surface area (Å²) in [6.07, 6.45) is 4.27. The van der Waals surface area contributed by atoms with E-state index in [1.54, 1.807) is 0 Å². The van der Waals surface area contributed by atoms with E-state index in [4.69, 9.17) is 10.5 Å². The molecule has 3 rings (SSSR count). The maximum absolute atomic E-state index is 12.8. The van der Waals surface area contributed by atoms with Crippen LogP contribution in [0.1, 0.15) is 48.3 Å². The second kappa shape index (κ2) is 8.83. The molecule has 0 aliphatic carbocycles. The van der Waals surface area contributed by atoms with E-state index in [9.17, 15) is 9.59 Å². The van der Waals surface area contributed by atoms with Crippen LogP contribution in [0.4, 0.5) is 5.82 Å². The van der Waals surface area contributed by atoms with Crippen LogP contribution in [0, 0.1) is 12.8 Å². The largest absolute Gasteiger partial charge is 0.376 e. The van der Waals surface area contributed by atoms with Gasteiger partial charge in [-0.1, -0.05) is 13.8 Å². The molecule has 2 amide bonds. The van der Waals surface area contributed by atoms with Gasteiger partial charge in [-0.15, -0.1) is 11.3 Å². The summed E-state index contributed by atoms with van der Waals surface area (Å²) in [4.78, 5) is 34.4. The van der Waals surface area contributed by atoms with Gasteiger partial charge in [0.15, 0.2) is 0 Å². The van der Waals surface area contributed by atoms with Crippen molar-refractivity contribution in [1.29, 1.82) is 0 Å². The summed E-state index contributed by atoms with van der Waals surface area (Å²) >= 11 is 1.29. The molecule has 2 atom stereocenters. The van der Waals surface area contributed by atoms with E-state index >= 15 is 0 Å². The molecule has 1 fully saturated rings. The van der Waals surface area contributed by atoms with Crippen molar-refractivity contribution in [2.45, 2.75) is 52.2 Å². The fraction of sp³-hybridized carbons (Fsp3) is 0.579. The van der Waals surface area contributed by atoms with Crippen LogP contribution in [-0.2, 0) is 9.53 Å². The summed E-state index contributed by atoms with van der Waals surface area (Å²) < 4.78 is 5.65. The summed E-state index contributed by atoms with van der Waals surface area (Å²) in [5.74, 6) is 0.0947. The van der Waals surface area contributed by atoms with E-state index in [-0.39, 0.29) is 17.9 Å². The summed E-state index contributed by atoms with van der Waals surface area (Å²) in [5.41, 5.74) is 6.25. The number of carbonyl (C=O) groups excluding carboxylic acids is 2. The molecule has 8 nitrogen and oxygen atoms in total. The minimum atomic E-state index is -0.694. The van der Waals surface area contributed by atoms with Gasteiger partial charge in [0, 0.05) is 13.2 Å². The van der Waals surface area contributed by atoms with Crippen LogP contribution >= 0.6 is 11.3 Å². The zero-order chi connectivity index (χ0) is 20.3. The predicted octanol–water partition coefficient (Wildman–Crippen LogP) is 2.22. The number of nitrogens with two attached hydrogens (primary N) is 1. The van der Waals surface area contributed by atoms with Crippen LogP contribution in [0.3, 0.4) is 0 Å². The van der Waals surface area contributed by atoms with Gasteiger partial charge in [-0.2, -0.15) is 0 Å². The molecule has 0 bridgehead atoms. The molecular weight excluding hydrogens is 378 g/mol. The summed E-state index contributed by atoms with van der Waals surface area (Å²) in [5, 5.41) is 6.93. The lowest BCUT2D eigenvalue weighted by Crippen LogP contribution is -2.45. The third-order valence-corrected chi connectivity index (χ3v) is 6.01. The number of hydrogen-bond acceptors (Lipinski definition) is 7. The van der Waals surface area contributed by atoms with E-state index in [0.29, 0.717) is 23.7 Å². The number of amides is 2. The number of hydrogen-bond donors (Lipinski definition) is 3. The molecule has 0 saturated carbocycles. The van der Waals surface area contributed by atoms with Crippen molar-refractivity contribution in [2.75, 3.05) is 18.5 Å². The normalized spacial score (nSPS) is 17.8. The number of thiophene rings is 1. The first-order chi connectivity index (χ1) is 13.4. The van der Waals surface area contributed by atoms with Crippen molar-refractivity contribution in [3.63, 3.8) is 0 Å². The molecule has 3 heterocycles. The highest BCUT2D eigenvalue weighted by atomic mass is 32.1. The molecule has 1 saturated heterocycles. The third kappa shape index (κ3) is 4.59. The van der Waals surface area contributed by atoms with Crippen LogP contribution in [0.2, 0.25) is 0 Å². The Balaban J connectivity index is 1.81. The number of anilines is 1. The summed E-state index contributed by atoms with van der Waals surface area (Å²) in [6, 6.07) is -0.694. The number of aryl methyl sites for hydroxylation is 1. The number of carbonyl (C=O) groups is 2. The molecule has 0 spiro atoms. The highest BCUT2D eigenvalue weighted by Crippen LogP contribution is 2.33. The van der Waals surface area contributed by atoms with Crippen LogP contribution in [0.5, 0.6) is 0 Å². The molecule has 1 aliphatic heterocycles. The van der Waals surface area contributed by atoms with E-state index in [2.05, 4.69) is 20.6 Å². The van der Waals surface area contributed by atoms with E-state index in [1.165, 1.54) is 17.7 Å². The van der Waals surface area contributed by atoms with Crippen LogP contribution in [-0.4, -0.2) is 47.1 Å². The third-order valence-electron chi connectivity index (χ3n) is 4.81. The lowest BCUT2D eigenvalue weighted by molar-refractivity contribution is -0.120. The smallest absolute Gasteiger partial charge is 0.262 e. The molecule has 152 valence electrons. The Kier molecular flexibility index (Phi) is 6.46. The molecule has 1 aliphatic rings. The Hall–Kier alpha value is -2.26. The topological polar surface area (TPSA) is 119 Å². The Morgan fingerprint density at radius 1 is 1.39 bits per heavy atom. The van der Waals surface area contributed by atoms with Crippen LogP contribution < -0.4 is 16.4 Å². The first kappa shape index (κ1) is 20.5. The molecule has 9 heteroatoms. The van der Waals surface area contributed by atoms with Gasteiger partial charge < -0.3 is 21.1 Å². The number of nitrogens with zero attached hydrogens (tertiary/aromatic N) is 2. The van der Waals surface area contributed by atoms with E-state index in [0.717, 1.165) is 35.2 Å². The van der Waals surface area contributed by atoms with Crippen molar-refractivity contribution in [3.8, 4) is 0 Å². The second-order valence-corrected chi connectivity index (χ2v) is 8.53. The van der Waals surface area contributed by atoms with E-state index < -0.39 is 11.9 Å². The average Bonchev–Trinajstić information content (AvgIpc) is 3.27. The second-order valence-electron chi connectivity index (χ2n) is 7.53. The standard InChI is InChI=1S/C19H27N5O3S/c1-10(2)7-13(16(20)25)24-18(26)15-11(3)14-17(22-9-23-19(14)28-15)21-8-12-5-4-6-27-12/h9-10,12-13H,4-8H2,1-3H3,(H2,20,25)(H,24,26)(H,21,22,23)/t12?,13-/m0/s1. The van der Waals surface area contributed by atoms with Crippen molar-refractivity contribution >= 4 is 39.2 Å². The van der Waals surface area contributed by atoms with Crippen molar-refractivity contribution in [3.05, 3.63) is 16.8 Å². The molecule has 2 aromatic rings. The SMILES string of the molecule is Cc1c(C(=O)N[C@@H](CC(C)C)C(N)=O)sc2ncnc(NCC3CCCO3)c12. The van der Waals surface area contributed by atoms with Gasteiger partial charge in [-0.05, 0) is 37.7 Å². The van der Waals surface area contributed by atoms with Gasteiger partial charge in [-0.25, -0.2) is 9.97 Å². The number of rotatable bonds is 8.